The van der Waals surface area contributed by atoms with E-state index in [0.717, 1.165) is 41.1 Å². The lowest BCUT2D eigenvalue weighted by Gasteiger charge is -2.33. The second kappa shape index (κ2) is 10.3. The second-order valence-electron chi connectivity index (χ2n) is 9.95. The van der Waals surface area contributed by atoms with Gasteiger partial charge >= 0.3 is 5.97 Å². The van der Waals surface area contributed by atoms with Crippen LogP contribution in [0.15, 0.2) is 35.8 Å². The number of nitrogens with zero attached hydrogens (tertiary/aromatic N) is 2. The lowest BCUT2D eigenvalue weighted by atomic mass is 9.72. The number of nitriles is 1. The molecule has 0 saturated heterocycles. The average molecular weight is 506 g/mol. The molecule has 3 aromatic rings. The normalized spacial score (nSPS) is 15.9. The van der Waals surface area contributed by atoms with E-state index >= 15 is 0 Å². The number of ether oxygens (including phenoxy) is 1. The molecule has 0 amide bonds. The highest BCUT2D eigenvalue weighted by Gasteiger charge is 2.34. The SMILES string of the molecule is CCOC(=O)c1c(N/C=C(\C#N)c2nc(-c3ccc(C)cc3)cs2)sc2c1CC[C@@H](C(C)(C)C)C2. The summed E-state index contributed by atoms with van der Waals surface area (Å²) in [6.07, 6.45) is 4.54. The maximum absolute atomic E-state index is 12.9. The Kier molecular flexibility index (Phi) is 7.44. The molecule has 1 aliphatic rings. The van der Waals surface area contributed by atoms with E-state index in [4.69, 9.17) is 4.74 Å². The van der Waals surface area contributed by atoms with E-state index in [-0.39, 0.29) is 11.4 Å². The molecule has 0 aliphatic heterocycles. The van der Waals surface area contributed by atoms with Crippen molar-refractivity contribution in [2.45, 2.75) is 53.9 Å². The summed E-state index contributed by atoms with van der Waals surface area (Å²) >= 11 is 3.04. The number of anilines is 1. The van der Waals surface area contributed by atoms with Gasteiger partial charge in [-0.25, -0.2) is 9.78 Å². The van der Waals surface area contributed by atoms with Crippen LogP contribution >= 0.6 is 22.7 Å². The van der Waals surface area contributed by atoms with Crippen LogP contribution in [0.5, 0.6) is 0 Å². The van der Waals surface area contributed by atoms with Crippen LogP contribution in [-0.2, 0) is 17.6 Å². The van der Waals surface area contributed by atoms with Crippen molar-refractivity contribution in [3.05, 3.63) is 62.4 Å². The molecule has 7 heteroatoms. The van der Waals surface area contributed by atoms with Gasteiger partial charge < -0.3 is 10.1 Å². The molecule has 5 nitrogen and oxygen atoms in total. The van der Waals surface area contributed by atoms with E-state index in [1.165, 1.54) is 21.8 Å². The van der Waals surface area contributed by atoms with Crippen LogP contribution in [0.25, 0.3) is 16.8 Å². The number of aromatic nitrogens is 1. The Labute approximate surface area is 215 Å². The number of hydrogen-bond donors (Lipinski definition) is 1. The summed E-state index contributed by atoms with van der Waals surface area (Å²) < 4.78 is 5.40. The van der Waals surface area contributed by atoms with Crippen molar-refractivity contribution in [2.24, 2.45) is 11.3 Å². The first-order valence-corrected chi connectivity index (χ1v) is 13.6. The van der Waals surface area contributed by atoms with Crippen LogP contribution in [0.2, 0.25) is 0 Å². The predicted octanol–water partition coefficient (Wildman–Crippen LogP) is 7.48. The van der Waals surface area contributed by atoms with E-state index in [9.17, 15) is 10.1 Å². The molecule has 0 fully saturated rings. The summed E-state index contributed by atoms with van der Waals surface area (Å²) in [5.41, 5.74) is 5.42. The first-order chi connectivity index (χ1) is 16.7. The van der Waals surface area contributed by atoms with Crippen LogP contribution in [0.1, 0.15) is 65.5 Å². The Morgan fingerprint density at radius 3 is 2.71 bits per heavy atom. The minimum atomic E-state index is -0.301. The third kappa shape index (κ3) is 5.50. The van der Waals surface area contributed by atoms with Gasteiger partial charge in [0.15, 0.2) is 0 Å². The highest BCUT2D eigenvalue weighted by molar-refractivity contribution is 7.16. The van der Waals surface area contributed by atoms with Crippen LogP contribution in [0.4, 0.5) is 5.00 Å². The van der Waals surface area contributed by atoms with E-state index < -0.39 is 0 Å². The van der Waals surface area contributed by atoms with Crippen molar-refractivity contribution in [1.29, 1.82) is 5.26 Å². The topological polar surface area (TPSA) is 75.0 Å². The molecule has 2 aromatic heterocycles. The Balaban J connectivity index is 1.63. The van der Waals surface area contributed by atoms with Gasteiger partial charge in [-0.15, -0.1) is 22.7 Å². The van der Waals surface area contributed by atoms with Crippen molar-refractivity contribution in [3.63, 3.8) is 0 Å². The van der Waals surface area contributed by atoms with Crippen molar-refractivity contribution < 1.29 is 9.53 Å². The van der Waals surface area contributed by atoms with Gasteiger partial charge in [-0.2, -0.15) is 5.26 Å². The number of rotatable bonds is 6. The number of thiazole rings is 1. The zero-order valence-electron chi connectivity index (χ0n) is 20.9. The largest absolute Gasteiger partial charge is 0.462 e. The number of carbonyl (C=O) groups excluding carboxylic acids is 1. The summed E-state index contributed by atoms with van der Waals surface area (Å²) in [4.78, 5) is 18.8. The fourth-order valence-electron chi connectivity index (χ4n) is 4.38. The molecular weight excluding hydrogens is 474 g/mol. The van der Waals surface area contributed by atoms with Crippen molar-refractivity contribution in [2.75, 3.05) is 11.9 Å². The third-order valence-electron chi connectivity index (χ3n) is 6.52. The summed E-state index contributed by atoms with van der Waals surface area (Å²) in [6, 6.07) is 10.4. The molecule has 182 valence electrons. The van der Waals surface area contributed by atoms with Gasteiger partial charge in [-0.05, 0) is 50.0 Å². The average Bonchev–Trinajstić information content (AvgIpc) is 3.44. The zero-order chi connectivity index (χ0) is 25.2. The number of thiophene rings is 1. The molecule has 1 aliphatic carbocycles. The smallest absolute Gasteiger partial charge is 0.341 e. The summed E-state index contributed by atoms with van der Waals surface area (Å²) in [5, 5.41) is 16.5. The van der Waals surface area contributed by atoms with E-state index in [0.29, 0.717) is 28.7 Å². The summed E-state index contributed by atoms with van der Waals surface area (Å²) in [7, 11) is 0. The molecule has 0 radical (unpaired) electrons. The molecule has 35 heavy (non-hydrogen) atoms. The van der Waals surface area contributed by atoms with E-state index in [1.54, 1.807) is 17.5 Å². The van der Waals surface area contributed by atoms with Crippen molar-refractivity contribution >= 4 is 39.2 Å². The maximum atomic E-state index is 12.9. The molecule has 2 heterocycles. The quantitative estimate of drug-likeness (QED) is 0.277. The zero-order valence-corrected chi connectivity index (χ0v) is 22.5. The number of hydrogen-bond acceptors (Lipinski definition) is 7. The van der Waals surface area contributed by atoms with Gasteiger partial charge in [-0.1, -0.05) is 50.6 Å². The highest BCUT2D eigenvalue weighted by atomic mass is 32.1. The Morgan fingerprint density at radius 2 is 2.06 bits per heavy atom. The summed E-state index contributed by atoms with van der Waals surface area (Å²) in [5.74, 6) is 0.266. The summed E-state index contributed by atoms with van der Waals surface area (Å²) in [6.45, 7) is 11.0. The first kappa shape index (κ1) is 25.2. The fraction of sp³-hybridized carbons (Fsp3) is 0.393. The molecule has 1 aromatic carbocycles. The minimum Gasteiger partial charge on any atom is -0.462 e. The van der Waals surface area contributed by atoms with Gasteiger partial charge in [0.2, 0.25) is 0 Å². The standard InChI is InChI=1S/C28H31N3O2S2/c1-6-33-27(32)24-21-12-11-20(28(3,4)5)13-23(21)35-26(24)30-15-19(14-29)25-31-22(16-34-25)18-9-7-17(2)8-10-18/h7-10,15-16,20,30H,6,11-13H2,1-5H3/b19-15+/t20-/m1/s1. The number of fused-ring (bicyclic) bond motifs is 1. The van der Waals surface area contributed by atoms with Gasteiger partial charge in [0.1, 0.15) is 21.7 Å². The number of carbonyl (C=O) groups is 1. The van der Waals surface area contributed by atoms with Crippen LogP contribution in [0, 0.1) is 29.6 Å². The molecule has 4 rings (SSSR count). The number of nitrogens with one attached hydrogen (secondary N) is 1. The second-order valence-corrected chi connectivity index (χ2v) is 11.9. The van der Waals surface area contributed by atoms with Crippen LogP contribution in [-0.4, -0.2) is 17.6 Å². The van der Waals surface area contributed by atoms with Crippen molar-refractivity contribution in [1.82, 2.24) is 4.98 Å². The molecule has 0 bridgehead atoms. The minimum absolute atomic E-state index is 0.216. The monoisotopic (exact) mass is 505 g/mol. The van der Waals surface area contributed by atoms with Crippen molar-refractivity contribution in [3.8, 4) is 17.3 Å². The van der Waals surface area contributed by atoms with E-state index in [2.05, 4.69) is 56.2 Å². The lowest BCUT2D eigenvalue weighted by Crippen LogP contribution is -2.26. The Hall–Kier alpha value is -2.95. The maximum Gasteiger partial charge on any atom is 0.341 e. The number of benzene rings is 1. The first-order valence-electron chi connectivity index (χ1n) is 11.9. The molecule has 0 saturated carbocycles. The Morgan fingerprint density at radius 1 is 1.31 bits per heavy atom. The molecule has 0 spiro atoms. The van der Waals surface area contributed by atoms with Crippen LogP contribution in [0.3, 0.4) is 0 Å². The fourth-order valence-corrected chi connectivity index (χ4v) is 6.46. The number of allylic oxidation sites excluding steroid dienone is 1. The number of aryl methyl sites for hydroxylation is 1. The van der Waals surface area contributed by atoms with Gasteiger partial charge in [0.05, 0.1) is 17.9 Å². The predicted molar refractivity (Wildman–Crippen MR) is 145 cm³/mol. The third-order valence-corrected chi connectivity index (χ3v) is 8.58. The molecular formula is C28H31N3O2S2. The highest BCUT2D eigenvalue weighted by Crippen LogP contribution is 2.44. The molecule has 1 atom stereocenters. The van der Waals surface area contributed by atoms with Crippen LogP contribution < -0.4 is 5.32 Å². The lowest BCUT2D eigenvalue weighted by molar-refractivity contribution is 0.0526. The van der Waals surface area contributed by atoms with E-state index in [1.807, 2.05) is 24.4 Å². The Bertz CT molecular complexity index is 1290. The molecule has 1 N–H and O–H groups in total. The molecule has 0 unspecified atom stereocenters. The number of esters is 1. The van der Waals surface area contributed by atoms with Gasteiger partial charge in [-0.3, -0.25) is 0 Å². The van der Waals surface area contributed by atoms with Gasteiger partial charge in [0, 0.05) is 22.0 Å². The van der Waals surface area contributed by atoms with Gasteiger partial charge in [0.25, 0.3) is 0 Å².